The lowest BCUT2D eigenvalue weighted by molar-refractivity contribution is 1.34. The van der Waals surface area contributed by atoms with Crippen LogP contribution in [0, 0.1) is 0 Å². The Balaban J connectivity index is 3.02. The van der Waals surface area contributed by atoms with Crippen molar-refractivity contribution in [1.82, 2.24) is 0 Å². The highest BCUT2D eigenvalue weighted by Crippen LogP contribution is 2.21. The van der Waals surface area contributed by atoms with E-state index in [-0.39, 0.29) is 5.38 Å². The molecule has 1 unspecified atom stereocenters. The molecule has 1 atom stereocenters. The minimum Gasteiger partial charge on any atom is -0.112 e. The van der Waals surface area contributed by atoms with E-state index in [0.717, 1.165) is 0 Å². The lowest BCUT2D eigenvalue weighted by atomic mass is 10.3. The third-order valence-corrected chi connectivity index (χ3v) is 1.92. The fourth-order valence-corrected chi connectivity index (χ4v) is 1.00. The highest BCUT2D eigenvalue weighted by molar-refractivity contribution is 6.39. The summed E-state index contributed by atoms with van der Waals surface area (Å²) in [6.45, 7) is 0. The summed E-state index contributed by atoms with van der Waals surface area (Å²) in [4.78, 5) is 0. The lowest BCUT2D eigenvalue weighted by Gasteiger charge is -2.01. The van der Waals surface area contributed by atoms with Crippen LogP contribution in [0.1, 0.15) is 0 Å². The summed E-state index contributed by atoms with van der Waals surface area (Å²) in [5, 5.41) is 0.690. The SMILES string of the molecule is ClC1=C=C(Cl)C(Cl)C=C1. The molecular weight excluding hydrogens is 178 g/mol. The molecule has 1 rings (SSSR count). The van der Waals surface area contributed by atoms with Gasteiger partial charge < -0.3 is 0 Å². The van der Waals surface area contributed by atoms with E-state index in [2.05, 4.69) is 5.73 Å². The van der Waals surface area contributed by atoms with Gasteiger partial charge in [-0.3, -0.25) is 0 Å². The molecule has 9 heavy (non-hydrogen) atoms. The molecular formula is C6H3Cl3. The molecule has 0 saturated carbocycles. The maximum Gasteiger partial charge on any atom is 0.0950 e. The van der Waals surface area contributed by atoms with Crippen molar-refractivity contribution in [2.75, 3.05) is 0 Å². The summed E-state index contributed by atoms with van der Waals surface area (Å²) in [6, 6.07) is 0. The van der Waals surface area contributed by atoms with E-state index in [9.17, 15) is 0 Å². The first-order valence-corrected chi connectivity index (χ1v) is 3.53. The van der Waals surface area contributed by atoms with Crippen molar-refractivity contribution in [1.29, 1.82) is 0 Å². The average Bonchev–Trinajstić information content (AvgIpc) is 1.80. The Morgan fingerprint density at radius 2 is 2.11 bits per heavy atom. The van der Waals surface area contributed by atoms with Crippen molar-refractivity contribution in [3.05, 3.63) is 27.9 Å². The van der Waals surface area contributed by atoms with Crippen molar-refractivity contribution in [2.45, 2.75) is 5.38 Å². The number of hydrogen-bond donors (Lipinski definition) is 0. The first kappa shape index (κ1) is 7.24. The summed E-state index contributed by atoms with van der Waals surface area (Å²) < 4.78 is 0. The number of hydrogen-bond acceptors (Lipinski definition) is 0. The lowest BCUT2D eigenvalue weighted by Crippen LogP contribution is -1.94. The molecule has 0 aliphatic heterocycles. The quantitative estimate of drug-likeness (QED) is 0.398. The second-order valence-electron chi connectivity index (χ2n) is 1.58. The Morgan fingerprint density at radius 3 is 2.56 bits per heavy atom. The van der Waals surface area contributed by atoms with Crippen LogP contribution >= 0.6 is 34.8 Å². The van der Waals surface area contributed by atoms with Gasteiger partial charge in [0.1, 0.15) is 0 Å². The standard InChI is InChI=1S/C6H3Cl3/c7-4-1-2-5(8)6(9)3-4/h1-2,5H. The zero-order chi connectivity index (χ0) is 6.85. The Labute approximate surface area is 68.4 Å². The van der Waals surface area contributed by atoms with Crippen LogP contribution < -0.4 is 0 Å². The fraction of sp³-hybridized carbons (Fsp3) is 0.167. The summed E-state index contributed by atoms with van der Waals surface area (Å²) >= 11 is 16.8. The maximum absolute atomic E-state index is 5.64. The van der Waals surface area contributed by atoms with E-state index < -0.39 is 0 Å². The molecule has 0 aromatic carbocycles. The number of alkyl halides is 1. The van der Waals surface area contributed by atoms with Crippen LogP contribution in [0.5, 0.6) is 0 Å². The van der Waals surface area contributed by atoms with Gasteiger partial charge in [0, 0.05) is 0 Å². The number of halogens is 3. The van der Waals surface area contributed by atoms with Gasteiger partial charge in [0.05, 0.1) is 15.4 Å². The van der Waals surface area contributed by atoms with Crippen molar-refractivity contribution >= 4 is 34.8 Å². The van der Waals surface area contributed by atoms with Gasteiger partial charge in [-0.25, -0.2) is 0 Å². The Kier molecular flexibility index (Phi) is 2.26. The second-order valence-corrected chi connectivity index (χ2v) is 2.87. The van der Waals surface area contributed by atoms with Crippen LogP contribution in [0.2, 0.25) is 0 Å². The molecule has 0 aromatic rings. The highest BCUT2D eigenvalue weighted by atomic mass is 35.5. The number of allylic oxidation sites excluding steroid dienone is 3. The summed E-state index contributed by atoms with van der Waals surface area (Å²) in [6.07, 6.45) is 3.38. The molecule has 0 saturated heterocycles. The molecule has 0 bridgehead atoms. The largest absolute Gasteiger partial charge is 0.112 e. The van der Waals surface area contributed by atoms with Crippen LogP contribution in [-0.2, 0) is 0 Å². The van der Waals surface area contributed by atoms with E-state index in [4.69, 9.17) is 34.8 Å². The molecule has 0 nitrogen and oxygen atoms in total. The summed E-state index contributed by atoms with van der Waals surface area (Å²) in [5.74, 6) is 0. The minimum absolute atomic E-state index is 0.255. The van der Waals surface area contributed by atoms with Gasteiger partial charge in [0.2, 0.25) is 0 Å². The normalized spacial score (nSPS) is 25.4. The van der Waals surface area contributed by atoms with Crippen molar-refractivity contribution in [2.24, 2.45) is 0 Å². The smallest absolute Gasteiger partial charge is 0.0950 e. The van der Waals surface area contributed by atoms with E-state index in [1.54, 1.807) is 12.2 Å². The van der Waals surface area contributed by atoms with Gasteiger partial charge in [0.15, 0.2) is 0 Å². The molecule has 0 radical (unpaired) electrons. The summed E-state index contributed by atoms with van der Waals surface area (Å²) in [7, 11) is 0. The summed E-state index contributed by atoms with van der Waals surface area (Å²) in [5.41, 5.74) is 2.67. The first-order chi connectivity index (χ1) is 4.20. The maximum atomic E-state index is 5.64. The van der Waals surface area contributed by atoms with Crippen LogP contribution in [0.15, 0.2) is 27.9 Å². The Bertz CT molecular complexity index is 208. The topological polar surface area (TPSA) is 0 Å². The third kappa shape index (κ3) is 1.77. The van der Waals surface area contributed by atoms with Gasteiger partial charge in [-0.2, -0.15) is 0 Å². The molecule has 0 heterocycles. The number of rotatable bonds is 0. The van der Waals surface area contributed by atoms with E-state index in [1.807, 2.05) is 0 Å². The Hall–Kier alpha value is 0.130. The van der Waals surface area contributed by atoms with E-state index in [0.29, 0.717) is 10.1 Å². The van der Waals surface area contributed by atoms with Gasteiger partial charge >= 0.3 is 0 Å². The van der Waals surface area contributed by atoms with Crippen molar-refractivity contribution in [3.8, 4) is 0 Å². The Morgan fingerprint density at radius 1 is 1.44 bits per heavy atom. The average molecular weight is 181 g/mol. The molecule has 0 amide bonds. The fourth-order valence-electron chi connectivity index (χ4n) is 0.478. The molecule has 0 fully saturated rings. The van der Waals surface area contributed by atoms with Crippen LogP contribution in [-0.4, -0.2) is 5.38 Å². The van der Waals surface area contributed by atoms with Crippen LogP contribution in [0.3, 0.4) is 0 Å². The van der Waals surface area contributed by atoms with Gasteiger partial charge in [-0.15, -0.1) is 11.6 Å². The van der Waals surface area contributed by atoms with Crippen molar-refractivity contribution < 1.29 is 0 Å². The second kappa shape index (κ2) is 2.81. The zero-order valence-corrected chi connectivity index (χ0v) is 6.63. The van der Waals surface area contributed by atoms with Gasteiger partial charge in [0.25, 0.3) is 0 Å². The third-order valence-electron chi connectivity index (χ3n) is 0.892. The van der Waals surface area contributed by atoms with Gasteiger partial charge in [-0.1, -0.05) is 35.0 Å². The minimum atomic E-state index is -0.255. The van der Waals surface area contributed by atoms with Crippen molar-refractivity contribution in [3.63, 3.8) is 0 Å². The van der Waals surface area contributed by atoms with Gasteiger partial charge in [-0.05, 0) is 6.08 Å². The molecule has 1 aliphatic carbocycles. The van der Waals surface area contributed by atoms with Crippen LogP contribution in [0.4, 0.5) is 0 Å². The molecule has 0 aromatic heterocycles. The van der Waals surface area contributed by atoms with Crippen LogP contribution in [0.25, 0.3) is 0 Å². The first-order valence-electron chi connectivity index (χ1n) is 2.34. The van der Waals surface area contributed by atoms with E-state index in [1.165, 1.54) is 0 Å². The molecule has 0 N–H and O–H groups in total. The zero-order valence-electron chi connectivity index (χ0n) is 4.37. The highest BCUT2D eigenvalue weighted by Gasteiger charge is 2.06. The molecule has 0 spiro atoms. The molecule has 48 valence electrons. The molecule has 3 heteroatoms. The monoisotopic (exact) mass is 180 g/mol. The molecule has 1 aliphatic rings. The van der Waals surface area contributed by atoms with E-state index >= 15 is 0 Å². The predicted octanol–water partition coefficient (Wildman–Crippen LogP) is 3.01. The predicted molar refractivity (Wildman–Crippen MR) is 41.0 cm³/mol.